The Bertz CT molecular complexity index is 512. The van der Waals surface area contributed by atoms with Crippen LogP contribution in [0.2, 0.25) is 10.0 Å². The normalized spacial score (nSPS) is 12.8. The molecule has 5 heteroatoms. The molecule has 2 rings (SSSR count). The average molecular weight is 415 g/mol. The molecule has 1 aromatic heterocycles. The van der Waals surface area contributed by atoms with Crippen LogP contribution >= 0.6 is 66.4 Å². The summed E-state index contributed by atoms with van der Waals surface area (Å²) in [4.78, 5) is 2.61. The van der Waals surface area contributed by atoms with Crippen LogP contribution in [0.5, 0.6) is 0 Å². The van der Waals surface area contributed by atoms with Crippen molar-refractivity contribution < 1.29 is 0 Å². The minimum Gasteiger partial charge on any atom is -0.143 e. The summed E-state index contributed by atoms with van der Waals surface area (Å²) in [6.07, 6.45) is 0. The SMILES string of the molecule is Cc1sc(C(Br)c2cc(Cl)cc(Cl)c2)cc1Br. The third kappa shape index (κ3) is 3.27. The van der Waals surface area contributed by atoms with E-state index >= 15 is 0 Å². The first-order valence-electron chi connectivity index (χ1n) is 4.83. The van der Waals surface area contributed by atoms with Gasteiger partial charge >= 0.3 is 0 Å². The van der Waals surface area contributed by atoms with Crippen molar-refractivity contribution in [2.75, 3.05) is 0 Å². The topological polar surface area (TPSA) is 0 Å². The van der Waals surface area contributed by atoms with Crippen LogP contribution in [-0.2, 0) is 0 Å². The number of hydrogen-bond acceptors (Lipinski definition) is 1. The van der Waals surface area contributed by atoms with E-state index in [4.69, 9.17) is 23.2 Å². The van der Waals surface area contributed by atoms with Crippen LogP contribution in [-0.4, -0.2) is 0 Å². The number of thiophene rings is 1. The minimum atomic E-state index is 0.119. The lowest BCUT2D eigenvalue weighted by Crippen LogP contribution is -1.89. The lowest BCUT2D eigenvalue weighted by Gasteiger charge is -2.09. The molecule has 0 spiro atoms. The molecular formula is C12H8Br2Cl2S. The fourth-order valence-electron chi connectivity index (χ4n) is 1.49. The highest BCUT2D eigenvalue weighted by molar-refractivity contribution is 9.10. The van der Waals surface area contributed by atoms with Gasteiger partial charge in [0.05, 0.1) is 4.83 Å². The van der Waals surface area contributed by atoms with Gasteiger partial charge in [0.1, 0.15) is 0 Å². The summed E-state index contributed by atoms with van der Waals surface area (Å²) in [6.45, 7) is 2.09. The number of alkyl halides is 1. The van der Waals surface area contributed by atoms with Crippen LogP contribution in [0.3, 0.4) is 0 Å². The Balaban J connectivity index is 2.39. The van der Waals surface area contributed by atoms with Crippen LogP contribution in [0.4, 0.5) is 0 Å². The summed E-state index contributed by atoms with van der Waals surface area (Å²) in [6, 6.07) is 7.71. The first kappa shape index (κ1) is 13.9. The van der Waals surface area contributed by atoms with Gasteiger partial charge in [-0.3, -0.25) is 0 Å². The number of rotatable bonds is 2. The van der Waals surface area contributed by atoms with Crippen molar-refractivity contribution in [3.05, 3.63) is 54.1 Å². The molecule has 0 amide bonds. The second kappa shape index (κ2) is 5.62. The van der Waals surface area contributed by atoms with Crippen LogP contribution in [0, 0.1) is 6.92 Å². The summed E-state index contributed by atoms with van der Waals surface area (Å²) in [7, 11) is 0. The van der Waals surface area contributed by atoms with Crippen molar-refractivity contribution in [1.29, 1.82) is 0 Å². The molecule has 1 aromatic carbocycles. The van der Waals surface area contributed by atoms with Gasteiger partial charge in [-0.25, -0.2) is 0 Å². The fraction of sp³-hybridized carbons (Fsp3) is 0.167. The summed E-state index contributed by atoms with van der Waals surface area (Å²) >= 11 is 21.0. The second-order valence-corrected chi connectivity index (χ2v) is 7.55. The van der Waals surface area contributed by atoms with Crippen molar-refractivity contribution >= 4 is 66.4 Å². The Morgan fingerprint density at radius 3 is 2.18 bits per heavy atom. The number of hydrogen-bond donors (Lipinski definition) is 0. The molecule has 0 radical (unpaired) electrons. The van der Waals surface area contributed by atoms with E-state index in [9.17, 15) is 0 Å². The van der Waals surface area contributed by atoms with E-state index in [1.165, 1.54) is 9.75 Å². The van der Waals surface area contributed by atoms with E-state index in [1.807, 2.05) is 12.1 Å². The Morgan fingerprint density at radius 2 is 1.71 bits per heavy atom. The van der Waals surface area contributed by atoms with E-state index in [0.29, 0.717) is 10.0 Å². The zero-order valence-corrected chi connectivity index (χ0v) is 14.3. The summed E-state index contributed by atoms with van der Waals surface area (Å²) in [5.41, 5.74) is 1.07. The first-order chi connectivity index (χ1) is 7.97. The van der Waals surface area contributed by atoms with Gasteiger partial charge in [-0.05, 0) is 52.7 Å². The number of aryl methyl sites for hydroxylation is 1. The van der Waals surface area contributed by atoms with Gasteiger partial charge in [0, 0.05) is 24.3 Å². The molecule has 1 atom stereocenters. The maximum atomic E-state index is 6.01. The Labute approximate surface area is 131 Å². The molecule has 0 aliphatic carbocycles. The van der Waals surface area contributed by atoms with Crippen molar-refractivity contribution in [3.8, 4) is 0 Å². The smallest absolute Gasteiger partial charge is 0.0739 e. The summed E-state index contributed by atoms with van der Waals surface area (Å²) in [5.74, 6) is 0. The predicted molar refractivity (Wildman–Crippen MR) is 84.0 cm³/mol. The van der Waals surface area contributed by atoms with Gasteiger partial charge in [-0.15, -0.1) is 11.3 Å². The van der Waals surface area contributed by atoms with Gasteiger partial charge in [-0.1, -0.05) is 39.1 Å². The van der Waals surface area contributed by atoms with E-state index in [1.54, 1.807) is 17.4 Å². The maximum absolute atomic E-state index is 6.01. The number of halogens is 4. The van der Waals surface area contributed by atoms with Gasteiger partial charge < -0.3 is 0 Å². The molecule has 0 fully saturated rings. The van der Waals surface area contributed by atoms with E-state index in [-0.39, 0.29) is 4.83 Å². The monoisotopic (exact) mass is 412 g/mol. The van der Waals surface area contributed by atoms with Gasteiger partial charge in [0.25, 0.3) is 0 Å². The standard InChI is InChI=1S/C12H8Br2Cl2S/c1-6-10(13)5-11(17-6)12(14)7-2-8(15)4-9(16)3-7/h2-5,12H,1H3. The first-order valence-corrected chi connectivity index (χ1v) is 8.11. The average Bonchev–Trinajstić information content (AvgIpc) is 2.57. The van der Waals surface area contributed by atoms with Crippen molar-refractivity contribution in [1.82, 2.24) is 0 Å². The Kier molecular flexibility index (Phi) is 4.59. The van der Waals surface area contributed by atoms with Gasteiger partial charge in [0.15, 0.2) is 0 Å². The molecule has 0 N–H and O–H groups in total. The maximum Gasteiger partial charge on any atom is 0.0739 e. The molecule has 0 aliphatic heterocycles. The zero-order chi connectivity index (χ0) is 12.6. The van der Waals surface area contributed by atoms with Crippen LogP contribution in [0.1, 0.15) is 20.1 Å². The molecular weight excluding hydrogens is 407 g/mol. The second-order valence-electron chi connectivity index (χ2n) is 3.62. The highest BCUT2D eigenvalue weighted by Gasteiger charge is 2.15. The molecule has 0 bridgehead atoms. The molecule has 1 heterocycles. The highest BCUT2D eigenvalue weighted by atomic mass is 79.9. The van der Waals surface area contributed by atoms with Gasteiger partial charge in [-0.2, -0.15) is 0 Å². The van der Waals surface area contributed by atoms with Crippen molar-refractivity contribution in [2.24, 2.45) is 0 Å². The van der Waals surface area contributed by atoms with E-state index in [0.717, 1.165) is 10.0 Å². The molecule has 0 nitrogen and oxygen atoms in total. The third-order valence-electron chi connectivity index (χ3n) is 2.30. The largest absolute Gasteiger partial charge is 0.143 e. The molecule has 2 aromatic rings. The zero-order valence-electron chi connectivity index (χ0n) is 8.81. The molecule has 0 saturated heterocycles. The minimum absolute atomic E-state index is 0.119. The lowest BCUT2D eigenvalue weighted by molar-refractivity contribution is 1.22. The van der Waals surface area contributed by atoms with E-state index < -0.39 is 0 Å². The summed E-state index contributed by atoms with van der Waals surface area (Å²) < 4.78 is 1.13. The molecule has 0 saturated carbocycles. The van der Waals surface area contributed by atoms with Crippen LogP contribution < -0.4 is 0 Å². The Hall–Kier alpha value is 0.460. The molecule has 0 aliphatic rings. The molecule has 17 heavy (non-hydrogen) atoms. The van der Waals surface area contributed by atoms with E-state index in [2.05, 4.69) is 44.8 Å². The lowest BCUT2D eigenvalue weighted by atomic mass is 10.1. The van der Waals surface area contributed by atoms with Crippen molar-refractivity contribution in [3.63, 3.8) is 0 Å². The third-order valence-corrected chi connectivity index (χ3v) is 6.27. The summed E-state index contributed by atoms with van der Waals surface area (Å²) in [5, 5.41) is 1.31. The van der Waals surface area contributed by atoms with Gasteiger partial charge in [0.2, 0.25) is 0 Å². The van der Waals surface area contributed by atoms with Crippen LogP contribution in [0.25, 0.3) is 0 Å². The fourth-order valence-corrected chi connectivity index (χ4v) is 4.28. The Morgan fingerprint density at radius 1 is 1.12 bits per heavy atom. The van der Waals surface area contributed by atoms with Crippen molar-refractivity contribution in [2.45, 2.75) is 11.8 Å². The molecule has 1 unspecified atom stereocenters. The molecule has 90 valence electrons. The highest BCUT2D eigenvalue weighted by Crippen LogP contribution is 2.39. The van der Waals surface area contributed by atoms with Crippen LogP contribution in [0.15, 0.2) is 28.7 Å². The number of benzene rings is 1. The predicted octanol–water partition coefficient (Wildman–Crippen LogP) is 6.61. The quantitative estimate of drug-likeness (QED) is 0.485.